The van der Waals surface area contributed by atoms with Crippen molar-refractivity contribution in [2.75, 3.05) is 17.2 Å². The molecule has 2 heterocycles. The minimum atomic E-state index is -0.368. The van der Waals surface area contributed by atoms with E-state index in [-0.39, 0.29) is 6.10 Å². The first-order chi connectivity index (χ1) is 13.5. The lowest BCUT2D eigenvalue weighted by molar-refractivity contribution is 0.188. The number of hydrogen-bond acceptors (Lipinski definition) is 8. The number of hydrogen-bond donors (Lipinski definition) is 3. The first kappa shape index (κ1) is 19.0. The first-order valence-corrected chi connectivity index (χ1v) is 10.2. The van der Waals surface area contributed by atoms with E-state index in [4.69, 9.17) is 4.98 Å². The summed E-state index contributed by atoms with van der Waals surface area (Å²) >= 11 is 3.55. The molecule has 0 saturated heterocycles. The van der Waals surface area contributed by atoms with Gasteiger partial charge in [-0.05, 0) is 61.2 Å². The van der Waals surface area contributed by atoms with Crippen LogP contribution in [-0.4, -0.2) is 47.9 Å². The van der Waals surface area contributed by atoms with Crippen molar-refractivity contribution in [3.8, 4) is 0 Å². The first-order valence-electron chi connectivity index (χ1n) is 9.41. The van der Waals surface area contributed by atoms with Crippen LogP contribution in [0.4, 0.5) is 11.8 Å². The van der Waals surface area contributed by atoms with Crippen LogP contribution in [0.15, 0.2) is 16.6 Å². The second-order valence-electron chi connectivity index (χ2n) is 7.20. The van der Waals surface area contributed by atoms with Crippen LogP contribution in [-0.2, 0) is 6.54 Å². The summed E-state index contributed by atoms with van der Waals surface area (Å²) in [5.74, 6) is 2.03. The maximum atomic E-state index is 9.54. The van der Waals surface area contributed by atoms with E-state index in [1.807, 2.05) is 23.7 Å². The Morgan fingerprint density at radius 1 is 1.29 bits per heavy atom. The van der Waals surface area contributed by atoms with E-state index in [9.17, 15) is 5.11 Å². The van der Waals surface area contributed by atoms with Gasteiger partial charge in [0.15, 0.2) is 5.82 Å². The molecule has 1 aliphatic carbocycles. The lowest BCUT2D eigenvalue weighted by Crippen LogP contribution is -2.14. The number of nitrogens with one attached hydrogen (secondary N) is 2. The Morgan fingerprint density at radius 2 is 2.11 bits per heavy atom. The van der Waals surface area contributed by atoms with E-state index in [1.54, 1.807) is 6.92 Å². The van der Waals surface area contributed by atoms with E-state index < -0.39 is 0 Å². The molecule has 9 nitrogen and oxygen atoms in total. The van der Waals surface area contributed by atoms with Gasteiger partial charge in [0.25, 0.3) is 0 Å². The molecule has 1 fully saturated rings. The van der Waals surface area contributed by atoms with Gasteiger partial charge < -0.3 is 15.7 Å². The summed E-state index contributed by atoms with van der Waals surface area (Å²) in [5.41, 5.74) is 1.93. The van der Waals surface area contributed by atoms with Gasteiger partial charge in [0.1, 0.15) is 5.82 Å². The average molecular weight is 447 g/mol. The SMILES string of the molecule is Cc1cc(Br)cc2c(NCCC(C)O)nc(NCc3nnnn3C3CC3)nc12. The van der Waals surface area contributed by atoms with Gasteiger partial charge in [-0.15, -0.1) is 5.10 Å². The monoisotopic (exact) mass is 446 g/mol. The second-order valence-corrected chi connectivity index (χ2v) is 8.12. The van der Waals surface area contributed by atoms with Gasteiger partial charge in [0.05, 0.1) is 24.2 Å². The fourth-order valence-electron chi connectivity index (χ4n) is 3.06. The van der Waals surface area contributed by atoms with Crippen molar-refractivity contribution >= 4 is 38.6 Å². The number of anilines is 2. The van der Waals surface area contributed by atoms with E-state index in [1.165, 1.54) is 0 Å². The maximum absolute atomic E-state index is 9.54. The van der Waals surface area contributed by atoms with Gasteiger partial charge in [-0.2, -0.15) is 4.98 Å². The largest absolute Gasteiger partial charge is 0.393 e. The maximum Gasteiger partial charge on any atom is 0.225 e. The highest BCUT2D eigenvalue weighted by molar-refractivity contribution is 9.10. The quantitative estimate of drug-likeness (QED) is 0.483. The molecular formula is C18H23BrN8O. The predicted octanol–water partition coefficient (Wildman–Crippen LogP) is 2.82. The summed E-state index contributed by atoms with van der Waals surface area (Å²) in [7, 11) is 0. The zero-order chi connectivity index (χ0) is 19.7. The van der Waals surface area contributed by atoms with Crippen LogP contribution in [0.1, 0.15) is 43.6 Å². The Kier molecular flexibility index (Phi) is 5.40. The molecule has 3 N–H and O–H groups in total. The van der Waals surface area contributed by atoms with Crippen LogP contribution >= 0.6 is 15.9 Å². The van der Waals surface area contributed by atoms with Crippen molar-refractivity contribution in [2.24, 2.45) is 0 Å². The van der Waals surface area contributed by atoms with Crippen LogP contribution in [0.3, 0.4) is 0 Å². The highest BCUT2D eigenvalue weighted by atomic mass is 79.9. The smallest absolute Gasteiger partial charge is 0.225 e. The van der Waals surface area contributed by atoms with Gasteiger partial charge in [0, 0.05) is 16.4 Å². The number of rotatable bonds is 8. The van der Waals surface area contributed by atoms with Gasteiger partial charge >= 0.3 is 0 Å². The van der Waals surface area contributed by atoms with Crippen molar-refractivity contribution in [1.82, 2.24) is 30.2 Å². The molecule has 0 radical (unpaired) electrons. The summed E-state index contributed by atoms with van der Waals surface area (Å²) in [5, 5.41) is 29.0. The van der Waals surface area contributed by atoms with Crippen molar-refractivity contribution in [3.63, 3.8) is 0 Å². The van der Waals surface area contributed by atoms with Crippen LogP contribution in [0.25, 0.3) is 10.9 Å². The molecular weight excluding hydrogens is 424 g/mol. The van der Waals surface area contributed by atoms with Crippen LogP contribution in [0.5, 0.6) is 0 Å². The standard InChI is InChI=1S/C18H23BrN8O/c1-10-7-12(19)8-14-16(10)22-18(23-17(14)20-6-5-11(2)28)21-9-15-24-25-26-27(15)13-3-4-13/h7-8,11,13,28H,3-6,9H2,1-2H3,(H2,20,21,22,23). The predicted molar refractivity (Wildman–Crippen MR) is 110 cm³/mol. The number of aryl methyl sites for hydroxylation is 1. The molecule has 0 spiro atoms. The number of aliphatic hydroxyl groups is 1. The molecule has 1 atom stereocenters. The summed E-state index contributed by atoms with van der Waals surface area (Å²) in [6.07, 6.45) is 2.51. The average Bonchev–Trinajstić information content (AvgIpc) is 3.38. The molecule has 2 aromatic heterocycles. The van der Waals surface area contributed by atoms with Gasteiger partial charge in [-0.25, -0.2) is 9.67 Å². The highest BCUT2D eigenvalue weighted by Gasteiger charge is 2.27. The fraction of sp³-hybridized carbons (Fsp3) is 0.500. The Morgan fingerprint density at radius 3 is 2.86 bits per heavy atom. The van der Waals surface area contributed by atoms with Gasteiger partial charge in [-0.1, -0.05) is 15.9 Å². The molecule has 0 aliphatic heterocycles. The highest BCUT2D eigenvalue weighted by Crippen LogP contribution is 2.34. The zero-order valence-corrected chi connectivity index (χ0v) is 17.4. The zero-order valence-electron chi connectivity index (χ0n) is 15.9. The number of halogens is 1. The van der Waals surface area contributed by atoms with E-state index >= 15 is 0 Å². The minimum Gasteiger partial charge on any atom is -0.393 e. The van der Waals surface area contributed by atoms with Crippen molar-refractivity contribution in [2.45, 2.75) is 51.8 Å². The number of nitrogens with zero attached hydrogens (tertiary/aromatic N) is 6. The van der Waals surface area contributed by atoms with Crippen LogP contribution in [0.2, 0.25) is 0 Å². The lowest BCUT2D eigenvalue weighted by atomic mass is 10.1. The Hall–Kier alpha value is -2.33. The Bertz CT molecular complexity index is 985. The number of fused-ring (bicyclic) bond motifs is 1. The molecule has 28 heavy (non-hydrogen) atoms. The molecule has 0 bridgehead atoms. The van der Waals surface area contributed by atoms with E-state index in [0.717, 1.165) is 45.4 Å². The molecule has 4 rings (SSSR count). The van der Waals surface area contributed by atoms with E-state index in [0.29, 0.717) is 31.5 Å². The topological polar surface area (TPSA) is 114 Å². The number of aliphatic hydroxyl groups excluding tert-OH is 1. The third kappa shape index (κ3) is 4.22. The summed E-state index contributed by atoms with van der Waals surface area (Å²) in [4.78, 5) is 9.35. The summed E-state index contributed by atoms with van der Waals surface area (Å²) in [6, 6.07) is 4.46. The van der Waals surface area contributed by atoms with Crippen molar-refractivity contribution < 1.29 is 5.11 Å². The molecule has 148 valence electrons. The summed E-state index contributed by atoms with van der Waals surface area (Å²) in [6.45, 7) is 4.88. The van der Waals surface area contributed by atoms with Gasteiger partial charge in [-0.3, -0.25) is 0 Å². The minimum absolute atomic E-state index is 0.368. The molecule has 1 aliphatic rings. The molecule has 3 aromatic rings. The number of benzene rings is 1. The Labute approximate surface area is 171 Å². The molecule has 10 heteroatoms. The van der Waals surface area contributed by atoms with Crippen molar-refractivity contribution in [3.05, 3.63) is 28.0 Å². The number of aromatic nitrogens is 6. The van der Waals surface area contributed by atoms with E-state index in [2.05, 4.69) is 47.1 Å². The Balaban J connectivity index is 1.61. The van der Waals surface area contributed by atoms with Crippen molar-refractivity contribution in [1.29, 1.82) is 0 Å². The van der Waals surface area contributed by atoms with Gasteiger partial charge in [0.2, 0.25) is 5.95 Å². The molecule has 1 unspecified atom stereocenters. The molecule has 1 saturated carbocycles. The van der Waals surface area contributed by atoms with Crippen LogP contribution in [0, 0.1) is 6.92 Å². The summed E-state index contributed by atoms with van der Waals surface area (Å²) < 4.78 is 2.85. The number of tetrazole rings is 1. The lowest BCUT2D eigenvalue weighted by Gasteiger charge is -2.14. The third-order valence-corrected chi connectivity index (χ3v) is 5.13. The normalized spacial score (nSPS) is 15.0. The molecule has 0 amide bonds. The third-order valence-electron chi connectivity index (χ3n) is 4.67. The van der Waals surface area contributed by atoms with Crippen LogP contribution < -0.4 is 10.6 Å². The second kappa shape index (κ2) is 7.96. The fourth-order valence-corrected chi connectivity index (χ4v) is 3.64. The molecule has 1 aromatic carbocycles.